The molecule has 3 heteroatoms. The monoisotopic (exact) mass is 275 g/mol. The lowest BCUT2D eigenvalue weighted by atomic mass is 10.0. The van der Waals surface area contributed by atoms with Crippen LogP contribution in [0.4, 0.5) is 0 Å². The Labute approximate surface area is 121 Å². The number of hydrogen-bond donors (Lipinski definition) is 0. The van der Waals surface area contributed by atoms with Gasteiger partial charge in [-0.1, -0.05) is 12.1 Å². The van der Waals surface area contributed by atoms with Crippen LogP contribution in [0.3, 0.4) is 0 Å². The number of hydrogen-bond acceptors (Lipinski definition) is 3. The molecule has 20 heavy (non-hydrogen) atoms. The lowest BCUT2D eigenvalue weighted by molar-refractivity contribution is 0.0880. The summed E-state index contributed by atoms with van der Waals surface area (Å²) < 4.78 is 11.6. The van der Waals surface area contributed by atoms with Crippen LogP contribution in [0.2, 0.25) is 0 Å². The lowest BCUT2D eigenvalue weighted by Gasteiger charge is -2.33. The van der Waals surface area contributed by atoms with Gasteiger partial charge in [-0.3, -0.25) is 0 Å². The largest absolute Gasteiger partial charge is 0.490 e. The van der Waals surface area contributed by atoms with Crippen molar-refractivity contribution in [2.24, 2.45) is 5.92 Å². The molecule has 3 rings (SSSR count). The summed E-state index contributed by atoms with van der Waals surface area (Å²) in [6.07, 6.45) is 3.90. The lowest BCUT2D eigenvalue weighted by Crippen LogP contribution is -2.40. The molecule has 0 saturated carbocycles. The Morgan fingerprint density at radius 1 is 1.25 bits per heavy atom. The van der Waals surface area contributed by atoms with E-state index < -0.39 is 0 Å². The summed E-state index contributed by atoms with van der Waals surface area (Å²) in [5, 5.41) is 0. The first-order valence-electron chi connectivity index (χ1n) is 7.83. The van der Waals surface area contributed by atoms with Crippen LogP contribution in [0.5, 0.6) is 5.75 Å². The molecule has 0 radical (unpaired) electrons. The highest BCUT2D eigenvalue weighted by molar-refractivity contribution is 5.27. The van der Waals surface area contributed by atoms with Gasteiger partial charge in [0.2, 0.25) is 0 Å². The molecular weight excluding hydrogens is 250 g/mol. The van der Waals surface area contributed by atoms with Crippen LogP contribution < -0.4 is 4.74 Å². The van der Waals surface area contributed by atoms with Crippen molar-refractivity contribution in [3.63, 3.8) is 0 Å². The SMILES string of the molecule is Cc1cccc(OC2CCN(C[C@@H]3CCOC3)CC2)c1. The highest BCUT2D eigenvalue weighted by Gasteiger charge is 2.24. The Kier molecular flexibility index (Phi) is 4.58. The molecule has 0 aliphatic carbocycles. The Bertz CT molecular complexity index is 421. The fraction of sp³-hybridized carbons (Fsp3) is 0.647. The van der Waals surface area contributed by atoms with Crippen molar-refractivity contribution in [3.05, 3.63) is 29.8 Å². The van der Waals surface area contributed by atoms with Crippen LogP contribution in [-0.2, 0) is 4.74 Å². The molecule has 2 heterocycles. The summed E-state index contributed by atoms with van der Waals surface area (Å²) in [5.74, 6) is 1.77. The summed E-state index contributed by atoms with van der Waals surface area (Å²) >= 11 is 0. The second-order valence-corrected chi connectivity index (χ2v) is 6.16. The second-order valence-electron chi connectivity index (χ2n) is 6.16. The van der Waals surface area contributed by atoms with Crippen LogP contribution in [0, 0.1) is 12.8 Å². The molecule has 1 atom stereocenters. The summed E-state index contributed by atoms with van der Waals surface area (Å²) in [6.45, 7) is 7.55. The van der Waals surface area contributed by atoms with E-state index in [2.05, 4.69) is 36.1 Å². The van der Waals surface area contributed by atoms with Crippen molar-refractivity contribution in [1.82, 2.24) is 4.90 Å². The van der Waals surface area contributed by atoms with Crippen molar-refractivity contribution in [2.75, 3.05) is 32.8 Å². The fourth-order valence-electron chi connectivity index (χ4n) is 3.18. The smallest absolute Gasteiger partial charge is 0.119 e. The zero-order chi connectivity index (χ0) is 13.8. The maximum absolute atomic E-state index is 6.10. The standard InChI is InChI=1S/C17H25NO2/c1-14-3-2-4-17(11-14)20-16-5-8-18(9-6-16)12-15-7-10-19-13-15/h2-4,11,15-16H,5-10,12-13H2,1H3/t15-/m0/s1. The molecule has 1 aromatic carbocycles. The minimum atomic E-state index is 0.382. The number of ether oxygens (including phenoxy) is 2. The van der Waals surface area contributed by atoms with Gasteiger partial charge in [-0.2, -0.15) is 0 Å². The molecule has 110 valence electrons. The molecule has 0 spiro atoms. The van der Waals surface area contributed by atoms with Gasteiger partial charge in [0, 0.05) is 26.2 Å². The van der Waals surface area contributed by atoms with Gasteiger partial charge in [0.05, 0.1) is 6.61 Å². The van der Waals surface area contributed by atoms with Gasteiger partial charge in [-0.05, 0) is 49.8 Å². The van der Waals surface area contributed by atoms with Gasteiger partial charge in [-0.25, -0.2) is 0 Å². The molecule has 0 amide bonds. The van der Waals surface area contributed by atoms with Gasteiger partial charge < -0.3 is 14.4 Å². The van der Waals surface area contributed by atoms with E-state index in [4.69, 9.17) is 9.47 Å². The minimum absolute atomic E-state index is 0.382. The summed E-state index contributed by atoms with van der Waals surface area (Å²) in [5.41, 5.74) is 1.26. The van der Waals surface area contributed by atoms with Crippen LogP contribution in [0.15, 0.2) is 24.3 Å². The first kappa shape index (κ1) is 13.9. The number of likely N-dealkylation sites (tertiary alicyclic amines) is 1. The molecule has 2 aliphatic heterocycles. The Balaban J connectivity index is 1.43. The Hall–Kier alpha value is -1.06. The molecule has 2 saturated heterocycles. The van der Waals surface area contributed by atoms with E-state index in [0.717, 1.165) is 50.8 Å². The number of benzene rings is 1. The second kappa shape index (κ2) is 6.59. The maximum atomic E-state index is 6.10. The number of nitrogens with zero attached hydrogens (tertiary/aromatic N) is 1. The fourth-order valence-corrected chi connectivity index (χ4v) is 3.18. The molecule has 0 N–H and O–H groups in total. The van der Waals surface area contributed by atoms with Crippen molar-refractivity contribution in [1.29, 1.82) is 0 Å². The molecule has 0 bridgehead atoms. The van der Waals surface area contributed by atoms with Gasteiger partial charge in [-0.15, -0.1) is 0 Å². The zero-order valence-electron chi connectivity index (χ0n) is 12.4. The third kappa shape index (κ3) is 3.74. The predicted octanol–water partition coefficient (Wildman–Crippen LogP) is 2.87. The van der Waals surface area contributed by atoms with Crippen molar-refractivity contribution < 1.29 is 9.47 Å². The van der Waals surface area contributed by atoms with Crippen LogP contribution in [0.1, 0.15) is 24.8 Å². The molecule has 1 aromatic rings. The van der Waals surface area contributed by atoms with Crippen molar-refractivity contribution >= 4 is 0 Å². The Morgan fingerprint density at radius 3 is 2.80 bits per heavy atom. The zero-order valence-corrected chi connectivity index (χ0v) is 12.4. The summed E-state index contributed by atoms with van der Waals surface area (Å²) in [7, 11) is 0. The van der Waals surface area contributed by atoms with Gasteiger partial charge >= 0.3 is 0 Å². The number of aryl methyl sites for hydroxylation is 1. The third-order valence-corrected chi connectivity index (χ3v) is 4.37. The summed E-state index contributed by atoms with van der Waals surface area (Å²) in [6, 6.07) is 8.37. The predicted molar refractivity (Wildman–Crippen MR) is 80.2 cm³/mol. The van der Waals surface area contributed by atoms with E-state index in [-0.39, 0.29) is 0 Å². The molecular formula is C17H25NO2. The molecule has 3 nitrogen and oxygen atoms in total. The van der Waals surface area contributed by atoms with Crippen molar-refractivity contribution in [3.8, 4) is 5.75 Å². The van der Waals surface area contributed by atoms with Crippen LogP contribution in [-0.4, -0.2) is 43.9 Å². The maximum Gasteiger partial charge on any atom is 0.119 e. The molecule has 0 unspecified atom stereocenters. The van der Waals surface area contributed by atoms with Gasteiger partial charge in [0.1, 0.15) is 11.9 Å². The topological polar surface area (TPSA) is 21.7 Å². The normalized spacial score (nSPS) is 24.9. The number of piperidine rings is 1. The molecule has 0 aromatic heterocycles. The Morgan fingerprint density at radius 2 is 2.10 bits per heavy atom. The van der Waals surface area contributed by atoms with E-state index >= 15 is 0 Å². The minimum Gasteiger partial charge on any atom is -0.490 e. The van der Waals surface area contributed by atoms with E-state index in [0.29, 0.717) is 6.10 Å². The first-order valence-corrected chi connectivity index (χ1v) is 7.83. The molecule has 2 aliphatic rings. The van der Waals surface area contributed by atoms with E-state index in [1.807, 2.05) is 0 Å². The van der Waals surface area contributed by atoms with Gasteiger partial charge in [0.25, 0.3) is 0 Å². The van der Waals surface area contributed by atoms with E-state index in [9.17, 15) is 0 Å². The van der Waals surface area contributed by atoms with Crippen LogP contribution >= 0.6 is 0 Å². The average molecular weight is 275 g/mol. The average Bonchev–Trinajstić information content (AvgIpc) is 2.94. The van der Waals surface area contributed by atoms with Gasteiger partial charge in [0.15, 0.2) is 0 Å². The summed E-state index contributed by atoms with van der Waals surface area (Å²) in [4.78, 5) is 2.58. The van der Waals surface area contributed by atoms with E-state index in [1.165, 1.54) is 18.5 Å². The van der Waals surface area contributed by atoms with Crippen molar-refractivity contribution in [2.45, 2.75) is 32.3 Å². The highest BCUT2D eigenvalue weighted by atomic mass is 16.5. The molecule has 2 fully saturated rings. The van der Waals surface area contributed by atoms with Crippen LogP contribution in [0.25, 0.3) is 0 Å². The number of rotatable bonds is 4. The highest BCUT2D eigenvalue weighted by Crippen LogP contribution is 2.21. The quantitative estimate of drug-likeness (QED) is 0.843. The van der Waals surface area contributed by atoms with E-state index in [1.54, 1.807) is 0 Å². The third-order valence-electron chi connectivity index (χ3n) is 4.37. The first-order chi connectivity index (χ1) is 9.79.